The summed E-state index contributed by atoms with van der Waals surface area (Å²) in [5, 5.41) is 2.70. The Morgan fingerprint density at radius 2 is 1.53 bits per heavy atom. The third kappa shape index (κ3) is 5.92. The lowest BCUT2D eigenvalue weighted by molar-refractivity contribution is -0.151. The summed E-state index contributed by atoms with van der Waals surface area (Å²) in [7, 11) is 0. The molecule has 0 unspecified atom stereocenters. The van der Waals surface area contributed by atoms with E-state index in [0.29, 0.717) is 17.2 Å². The number of rotatable bonds is 9. The van der Waals surface area contributed by atoms with Gasteiger partial charge in [0.25, 0.3) is 5.91 Å². The van der Waals surface area contributed by atoms with Gasteiger partial charge >= 0.3 is 5.97 Å². The molecule has 7 nitrogen and oxygen atoms in total. The number of hydrogen-bond acceptors (Lipinski definition) is 5. The number of anilines is 2. The minimum Gasteiger partial charge on any atom is -0.457 e. The SMILES string of the molecule is CCc1cccc(CC)c1N1C[C@H](C(=O)OCC(=O)Nc2ccc(Oc3ccccc3)cc2)CC1=O. The van der Waals surface area contributed by atoms with Crippen LogP contribution in [-0.4, -0.2) is 30.9 Å². The van der Waals surface area contributed by atoms with Crippen molar-refractivity contribution < 1.29 is 23.9 Å². The van der Waals surface area contributed by atoms with E-state index < -0.39 is 24.4 Å². The molecule has 0 aliphatic carbocycles. The highest BCUT2D eigenvalue weighted by Gasteiger charge is 2.37. The average molecular weight is 487 g/mol. The molecule has 1 atom stereocenters. The zero-order valence-electron chi connectivity index (χ0n) is 20.5. The zero-order valence-corrected chi connectivity index (χ0v) is 20.5. The van der Waals surface area contributed by atoms with Crippen molar-refractivity contribution >= 4 is 29.2 Å². The number of benzene rings is 3. The highest BCUT2D eigenvalue weighted by Crippen LogP contribution is 2.32. The Morgan fingerprint density at radius 1 is 0.889 bits per heavy atom. The summed E-state index contributed by atoms with van der Waals surface area (Å²) in [4.78, 5) is 39.5. The molecule has 3 aromatic carbocycles. The van der Waals surface area contributed by atoms with Crippen LogP contribution in [0.1, 0.15) is 31.4 Å². The largest absolute Gasteiger partial charge is 0.457 e. The molecule has 0 radical (unpaired) electrons. The van der Waals surface area contributed by atoms with Crippen molar-refractivity contribution in [2.75, 3.05) is 23.4 Å². The third-order valence-corrected chi connectivity index (χ3v) is 6.16. The molecule has 2 amide bonds. The summed E-state index contributed by atoms with van der Waals surface area (Å²) < 4.78 is 11.0. The number of esters is 1. The van der Waals surface area contributed by atoms with Crippen LogP contribution < -0.4 is 15.0 Å². The van der Waals surface area contributed by atoms with Gasteiger partial charge in [-0.25, -0.2) is 0 Å². The molecule has 0 bridgehead atoms. The van der Waals surface area contributed by atoms with Crippen molar-refractivity contribution in [2.24, 2.45) is 5.92 Å². The van der Waals surface area contributed by atoms with Crippen molar-refractivity contribution in [1.82, 2.24) is 0 Å². The fourth-order valence-corrected chi connectivity index (χ4v) is 4.33. The Hall–Kier alpha value is -4.13. The van der Waals surface area contributed by atoms with E-state index >= 15 is 0 Å². The van der Waals surface area contributed by atoms with Gasteiger partial charge in [0.05, 0.1) is 5.92 Å². The van der Waals surface area contributed by atoms with E-state index in [1.165, 1.54) is 0 Å². The molecular weight excluding hydrogens is 456 g/mol. The average Bonchev–Trinajstić information content (AvgIpc) is 3.29. The van der Waals surface area contributed by atoms with Crippen LogP contribution in [0.4, 0.5) is 11.4 Å². The summed E-state index contributed by atoms with van der Waals surface area (Å²) in [6, 6.07) is 22.3. The van der Waals surface area contributed by atoms with Crippen molar-refractivity contribution in [3.8, 4) is 11.5 Å². The molecule has 0 aromatic heterocycles. The Bertz CT molecular complexity index is 1200. The van der Waals surface area contributed by atoms with E-state index in [2.05, 4.69) is 5.32 Å². The first kappa shape index (κ1) is 25.0. The van der Waals surface area contributed by atoms with Gasteiger partial charge in [0, 0.05) is 24.3 Å². The van der Waals surface area contributed by atoms with Crippen LogP contribution in [0, 0.1) is 5.92 Å². The van der Waals surface area contributed by atoms with E-state index in [0.717, 1.165) is 29.7 Å². The van der Waals surface area contributed by atoms with Gasteiger partial charge in [0.1, 0.15) is 11.5 Å². The second-order valence-corrected chi connectivity index (χ2v) is 8.63. The third-order valence-electron chi connectivity index (χ3n) is 6.16. The van der Waals surface area contributed by atoms with Gasteiger partial charge in [-0.1, -0.05) is 50.2 Å². The molecule has 1 aliphatic heterocycles. The number of carbonyl (C=O) groups excluding carboxylic acids is 3. The van der Waals surface area contributed by atoms with E-state index in [1.807, 2.05) is 62.4 Å². The number of nitrogens with one attached hydrogen (secondary N) is 1. The molecule has 0 spiro atoms. The monoisotopic (exact) mass is 486 g/mol. The highest BCUT2D eigenvalue weighted by atomic mass is 16.5. The van der Waals surface area contributed by atoms with Gasteiger partial charge in [0.15, 0.2) is 6.61 Å². The molecule has 7 heteroatoms. The maximum Gasteiger partial charge on any atom is 0.311 e. The van der Waals surface area contributed by atoms with E-state index in [9.17, 15) is 14.4 Å². The van der Waals surface area contributed by atoms with E-state index in [4.69, 9.17) is 9.47 Å². The minimum atomic E-state index is -0.602. The van der Waals surface area contributed by atoms with Gasteiger partial charge in [-0.2, -0.15) is 0 Å². The molecule has 36 heavy (non-hydrogen) atoms. The second kappa shape index (κ2) is 11.5. The summed E-state index contributed by atoms with van der Waals surface area (Å²) in [5.41, 5.74) is 3.62. The molecule has 1 fully saturated rings. The number of nitrogens with zero attached hydrogens (tertiary/aromatic N) is 1. The lowest BCUT2D eigenvalue weighted by Gasteiger charge is -2.23. The highest BCUT2D eigenvalue weighted by molar-refractivity contribution is 6.01. The fourth-order valence-electron chi connectivity index (χ4n) is 4.33. The lowest BCUT2D eigenvalue weighted by Crippen LogP contribution is -2.29. The van der Waals surface area contributed by atoms with Gasteiger partial charge in [-0.15, -0.1) is 0 Å². The Balaban J connectivity index is 1.29. The molecule has 1 aliphatic rings. The van der Waals surface area contributed by atoms with E-state index in [-0.39, 0.29) is 18.9 Å². The number of carbonyl (C=O) groups is 3. The molecule has 1 N–H and O–H groups in total. The zero-order chi connectivity index (χ0) is 25.5. The molecule has 3 aromatic rings. The predicted molar refractivity (Wildman–Crippen MR) is 138 cm³/mol. The smallest absolute Gasteiger partial charge is 0.311 e. The number of para-hydroxylation sites is 2. The number of aryl methyl sites for hydroxylation is 2. The van der Waals surface area contributed by atoms with Crippen molar-refractivity contribution in [3.05, 3.63) is 83.9 Å². The summed E-state index contributed by atoms with van der Waals surface area (Å²) >= 11 is 0. The number of amides is 2. The van der Waals surface area contributed by atoms with Crippen LogP contribution in [0.5, 0.6) is 11.5 Å². The van der Waals surface area contributed by atoms with Gasteiger partial charge in [0.2, 0.25) is 5.91 Å². The molecule has 186 valence electrons. The number of hydrogen-bond donors (Lipinski definition) is 1. The normalized spacial score (nSPS) is 15.0. The molecule has 0 saturated carbocycles. The van der Waals surface area contributed by atoms with Crippen molar-refractivity contribution in [1.29, 1.82) is 0 Å². The van der Waals surface area contributed by atoms with E-state index in [1.54, 1.807) is 29.2 Å². The number of ether oxygens (including phenoxy) is 2. The summed E-state index contributed by atoms with van der Waals surface area (Å²) in [6.45, 7) is 3.93. The van der Waals surface area contributed by atoms with Gasteiger partial charge in [-0.3, -0.25) is 14.4 Å². The van der Waals surface area contributed by atoms with Crippen molar-refractivity contribution in [2.45, 2.75) is 33.1 Å². The standard InChI is InChI=1S/C29H30N2O5/c1-3-20-9-8-10-21(4-2)28(20)31-18-22(17-27(31)33)29(34)35-19-26(32)30-23-13-15-25(16-14-23)36-24-11-6-5-7-12-24/h5-16,22H,3-4,17-19H2,1-2H3,(H,30,32)/t22-/m1/s1. The maximum atomic E-state index is 12.8. The molecule has 4 rings (SSSR count). The van der Waals surface area contributed by atoms with Gasteiger partial charge in [-0.05, 0) is 60.4 Å². The lowest BCUT2D eigenvalue weighted by atomic mass is 10.0. The first-order chi connectivity index (χ1) is 17.5. The van der Waals surface area contributed by atoms with Crippen LogP contribution in [-0.2, 0) is 32.0 Å². The van der Waals surface area contributed by atoms with Crippen molar-refractivity contribution in [3.63, 3.8) is 0 Å². The first-order valence-electron chi connectivity index (χ1n) is 12.2. The molecule has 1 saturated heterocycles. The Kier molecular flexibility index (Phi) is 8.00. The maximum absolute atomic E-state index is 12.8. The van der Waals surface area contributed by atoms with Crippen LogP contribution in [0.25, 0.3) is 0 Å². The topological polar surface area (TPSA) is 84.9 Å². The quantitative estimate of drug-likeness (QED) is 0.424. The first-order valence-corrected chi connectivity index (χ1v) is 12.2. The van der Waals surface area contributed by atoms with Gasteiger partial charge < -0.3 is 19.7 Å². The van der Waals surface area contributed by atoms with Crippen LogP contribution in [0.3, 0.4) is 0 Å². The summed E-state index contributed by atoms with van der Waals surface area (Å²) in [5.74, 6) is -0.346. The Morgan fingerprint density at radius 3 is 2.17 bits per heavy atom. The minimum absolute atomic E-state index is 0.0739. The Labute approximate surface area is 211 Å². The predicted octanol–water partition coefficient (Wildman–Crippen LogP) is 5.14. The molecular formula is C29H30N2O5. The fraction of sp³-hybridized carbons (Fsp3) is 0.276. The summed E-state index contributed by atoms with van der Waals surface area (Å²) in [6.07, 6.45) is 1.66. The van der Waals surface area contributed by atoms with Crippen LogP contribution >= 0.6 is 0 Å². The van der Waals surface area contributed by atoms with Crippen LogP contribution in [0.2, 0.25) is 0 Å². The van der Waals surface area contributed by atoms with Crippen LogP contribution in [0.15, 0.2) is 72.8 Å². The molecule has 1 heterocycles. The second-order valence-electron chi connectivity index (χ2n) is 8.63.